The quantitative estimate of drug-likeness (QED) is 0.769. The van der Waals surface area contributed by atoms with E-state index < -0.39 is 0 Å². The first kappa shape index (κ1) is 10.6. The Hall–Kier alpha value is -1.51. The van der Waals surface area contributed by atoms with Gasteiger partial charge in [-0.2, -0.15) is 0 Å². The van der Waals surface area contributed by atoms with Crippen LogP contribution in [0.3, 0.4) is 0 Å². The summed E-state index contributed by atoms with van der Waals surface area (Å²) in [6.07, 6.45) is 0.887. The van der Waals surface area contributed by atoms with Crippen molar-refractivity contribution < 1.29 is 9.90 Å². The minimum atomic E-state index is -0.215. The van der Waals surface area contributed by atoms with Crippen molar-refractivity contribution in [3.05, 3.63) is 29.3 Å². The van der Waals surface area contributed by atoms with Crippen LogP contribution in [-0.4, -0.2) is 17.6 Å². The van der Waals surface area contributed by atoms with Crippen LogP contribution < -0.4 is 5.32 Å². The molecule has 3 nitrogen and oxygen atoms in total. The van der Waals surface area contributed by atoms with E-state index in [1.165, 1.54) is 0 Å². The highest BCUT2D eigenvalue weighted by molar-refractivity contribution is 5.97. The molecule has 76 valence electrons. The van der Waals surface area contributed by atoms with Crippen molar-refractivity contribution in [2.75, 3.05) is 6.54 Å². The van der Waals surface area contributed by atoms with Crippen LogP contribution in [0.25, 0.3) is 0 Å². The van der Waals surface area contributed by atoms with Gasteiger partial charge in [0.15, 0.2) is 0 Å². The molecule has 1 aromatic rings. The van der Waals surface area contributed by atoms with Crippen molar-refractivity contribution in [2.45, 2.75) is 20.3 Å². The number of rotatable bonds is 3. The molecular weight excluding hydrogens is 178 g/mol. The first-order valence-corrected chi connectivity index (χ1v) is 4.73. The molecule has 14 heavy (non-hydrogen) atoms. The highest BCUT2D eigenvalue weighted by atomic mass is 16.3. The molecule has 0 aromatic heterocycles. The second-order valence-electron chi connectivity index (χ2n) is 3.23. The Morgan fingerprint density at radius 3 is 2.86 bits per heavy atom. The number of amides is 1. The summed E-state index contributed by atoms with van der Waals surface area (Å²) in [4.78, 5) is 11.5. The molecular formula is C11H15NO2. The normalized spacial score (nSPS) is 9.86. The number of phenolic OH excluding ortho intramolecular Hbond substituents is 1. The molecule has 0 fully saturated rings. The number of hydrogen-bond donors (Lipinski definition) is 2. The van der Waals surface area contributed by atoms with E-state index in [1.54, 1.807) is 25.1 Å². The van der Waals surface area contributed by atoms with Crippen LogP contribution in [0.1, 0.15) is 29.3 Å². The lowest BCUT2D eigenvalue weighted by atomic mass is 10.1. The summed E-state index contributed by atoms with van der Waals surface area (Å²) in [7, 11) is 0. The van der Waals surface area contributed by atoms with E-state index in [4.69, 9.17) is 0 Å². The zero-order valence-electron chi connectivity index (χ0n) is 8.50. The molecule has 0 saturated carbocycles. The first-order valence-electron chi connectivity index (χ1n) is 4.73. The number of aryl methyl sites for hydroxylation is 1. The summed E-state index contributed by atoms with van der Waals surface area (Å²) in [5.41, 5.74) is 1.06. The largest absolute Gasteiger partial charge is 0.507 e. The molecule has 0 unspecified atom stereocenters. The fourth-order valence-corrected chi connectivity index (χ4v) is 1.18. The number of carbonyl (C=O) groups excluding carboxylic acids is 1. The van der Waals surface area contributed by atoms with Gasteiger partial charge in [-0.25, -0.2) is 0 Å². The van der Waals surface area contributed by atoms with Gasteiger partial charge in [0.2, 0.25) is 0 Å². The molecule has 0 radical (unpaired) electrons. The minimum Gasteiger partial charge on any atom is -0.507 e. The van der Waals surface area contributed by atoms with Gasteiger partial charge in [0.1, 0.15) is 5.75 Å². The molecule has 1 aromatic carbocycles. The average Bonchev–Trinajstić information content (AvgIpc) is 2.18. The Kier molecular flexibility index (Phi) is 3.51. The number of phenols is 1. The fraction of sp³-hybridized carbons (Fsp3) is 0.364. The van der Waals surface area contributed by atoms with Crippen LogP contribution >= 0.6 is 0 Å². The molecule has 0 spiro atoms. The van der Waals surface area contributed by atoms with Crippen LogP contribution in [0, 0.1) is 6.92 Å². The first-order chi connectivity index (χ1) is 6.66. The predicted molar refractivity (Wildman–Crippen MR) is 55.5 cm³/mol. The van der Waals surface area contributed by atoms with Crippen LogP contribution in [-0.2, 0) is 0 Å². The van der Waals surface area contributed by atoms with E-state index in [1.807, 2.05) is 6.92 Å². The lowest BCUT2D eigenvalue weighted by Gasteiger charge is -2.06. The van der Waals surface area contributed by atoms with Crippen LogP contribution in [0.2, 0.25) is 0 Å². The smallest absolute Gasteiger partial charge is 0.255 e. The van der Waals surface area contributed by atoms with E-state index in [0.717, 1.165) is 6.42 Å². The molecule has 1 rings (SSSR count). The third kappa shape index (κ3) is 2.25. The lowest BCUT2D eigenvalue weighted by Crippen LogP contribution is -2.24. The Morgan fingerprint density at radius 2 is 2.21 bits per heavy atom. The maximum Gasteiger partial charge on any atom is 0.255 e. The molecule has 0 saturated heterocycles. The fourth-order valence-electron chi connectivity index (χ4n) is 1.18. The second-order valence-corrected chi connectivity index (χ2v) is 3.23. The Labute approximate surface area is 83.8 Å². The van der Waals surface area contributed by atoms with Crippen molar-refractivity contribution in [3.8, 4) is 5.75 Å². The van der Waals surface area contributed by atoms with Crippen molar-refractivity contribution in [1.29, 1.82) is 0 Å². The van der Waals surface area contributed by atoms with Gasteiger partial charge >= 0.3 is 0 Å². The van der Waals surface area contributed by atoms with Crippen LogP contribution in [0.4, 0.5) is 0 Å². The van der Waals surface area contributed by atoms with Gasteiger partial charge in [-0.1, -0.05) is 19.1 Å². The zero-order valence-corrected chi connectivity index (χ0v) is 8.50. The summed E-state index contributed by atoms with van der Waals surface area (Å²) >= 11 is 0. The Bertz CT molecular complexity index is 334. The molecule has 0 bridgehead atoms. The van der Waals surface area contributed by atoms with Crippen LogP contribution in [0.15, 0.2) is 18.2 Å². The zero-order chi connectivity index (χ0) is 10.6. The van der Waals surface area contributed by atoms with Gasteiger partial charge in [-0.3, -0.25) is 4.79 Å². The van der Waals surface area contributed by atoms with E-state index in [0.29, 0.717) is 17.7 Å². The molecule has 0 atom stereocenters. The second kappa shape index (κ2) is 4.65. The van der Waals surface area contributed by atoms with Crippen molar-refractivity contribution in [2.24, 2.45) is 0 Å². The minimum absolute atomic E-state index is 0.0705. The molecule has 2 N–H and O–H groups in total. The van der Waals surface area contributed by atoms with E-state index in [-0.39, 0.29) is 11.7 Å². The van der Waals surface area contributed by atoms with Gasteiger partial charge in [-0.15, -0.1) is 0 Å². The van der Waals surface area contributed by atoms with E-state index in [2.05, 4.69) is 5.32 Å². The molecule has 3 heteroatoms. The highest BCUT2D eigenvalue weighted by Crippen LogP contribution is 2.20. The van der Waals surface area contributed by atoms with Gasteiger partial charge < -0.3 is 10.4 Å². The molecule has 0 aliphatic heterocycles. The highest BCUT2D eigenvalue weighted by Gasteiger charge is 2.10. The van der Waals surface area contributed by atoms with Crippen molar-refractivity contribution in [3.63, 3.8) is 0 Å². The molecule has 0 heterocycles. The van der Waals surface area contributed by atoms with Gasteiger partial charge in [-0.05, 0) is 25.0 Å². The Balaban J connectivity index is 2.84. The summed E-state index contributed by atoms with van der Waals surface area (Å²) in [6.45, 7) is 4.38. The standard InChI is InChI=1S/C11H15NO2/c1-3-7-12-11(14)9-6-4-5-8(2)10(9)13/h4-6,13H,3,7H2,1-2H3,(H,12,14). The maximum absolute atomic E-state index is 11.5. The Morgan fingerprint density at radius 1 is 1.50 bits per heavy atom. The van der Waals surface area contributed by atoms with Crippen molar-refractivity contribution >= 4 is 5.91 Å². The lowest BCUT2D eigenvalue weighted by molar-refractivity contribution is 0.0951. The number of hydrogen-bond acceptors (Lipinski definition) is 2. The monoisotopic (exact) mass is 193 g/mol. The SMILES string of the molecule is CCCNC(=O)c1cccc(C)c1O. The van der Waals surface area contributed by atoms with Gasteiger partial charge in [0, 0.05) is 6.54 Å². The average molecular weight is 193 g/mol. The predicted octanol–water partition coefficient (Wildman–Crippen LogP) is 1.84. The topological polar surface area (TPSA) is 49.3 Å². The number of aromatic hydroxyl groups is 1. The number of benzene rings is 1. The van der Waals surface area contributed by atoms with Gasteiger partial charge in [0.25, 0.3) is 5.91 Å². The molecule has 0 aliphatic carbocycles. The molecule has 1 amide bonds. The summed E-state index contributed by atoms with van der Waals surface area (Å²) in [5, 5.41) is 12.3. The van der Waals surface area contributed by atoms with Crippen LogP contribution in [0.5, 0.6) is 5.75 Å². The number of carbonyl (C=O) groups is 1. The van der Waals surface area contributed by atoms with E-state index >= 15 is 0 Å². The third-order valence-electron chi connectivity index (χ3n) is 2.02. The maximum atomic E-state index is 11.5. The number of para-hydroxylation sites is 1. The third-order valence-corrected chi connectivity index (χ3v) is 2.02. The number of nitrogens with one attached hydrogen (secondary N) is 1. The van der Waals surface area contributed by atoms with E-state index in [9.17, 15) is 9.90 Å². The summed E-state index contributed by atoms with van der Waals surface area (Å²) in [6, 6.07) is 5.15. The summed E-state index contributed by atoms with van der Waals surface area (Å²) in [5.74, 6) is -0.144. The molecule has 0 aliphatic rings. The summed E-state index contributed by atoms with van der Waals surface area (Å²) < 4.78 is 0. The van der Waals surface area contributed by atoms with Crippen molar-refractivity contribution in [1.82, 2.24) is 5.32 Å². The van der Waals surface area contributed by atoms with Gasteiger partial charge in [0.05, 0.1) is 5.56 Å².